The summed E-state index contributed by atoms with van der Waals surface area (Å²) in [6.45, 7) is 6.15. The number of aromatic nitrogens is 2. The minimum absolute atomic E-state index is 0. The molecule has 0 aliphatic carbocycles. The van der Waals surface area contributed by atoms with Crippen LogP contribution in [0.15, 0.2) is 9.52 Å². The summed E-state index contributed by atoms with van der Waals surface area (Å²) in [5.41, 5.74) is 0. The Bertz CT molecular complexity index is 518. The molecule has 2 rings (SSSR count). The van der Waals surface area contributed by atoms with Crippen molar-refractivity contribution >= 4 is 29.9 Å². The fraction of sp³-hybridized carbons (Fsp3) is 0.824. The van der Waals surface area contributed by atoms with E-state index >= 15 is 0 Å². The molecule has 1 aliphatic heterocycles. The van der Waals surface area contributed by atoms with Crippen molar-refractivity contribution in [3.05, 3.63) is 11.7 Å². The van der Waals surface area contributed by atoms with Crippen molar-refractivity contribution in [2.75, 3.05) is 47.0 Å². The molecule has 1 N–H and O–H groups in total. The summed E-state index contributed by atoms with van der Waals surface area (Å²) in [4.78, 5) is 10.9. The van der Waals surface area contributed by atoms with Gasteiger partial charge in [0.1, 0.15) is 0 Å². The molecule has 1 aromatic heterocycles. The molecule has 0 bridgehead atoms. The zero-order chi connectivity index (χ0) is 17.9. The van der Waals surface area contributed by atoms with Gasteiger partial charge in [-0.3, -0.25) is 4.99 Å². The number of aryl methyl sites for hydroxylation is 2. The van der Waals surface area contributed by atoms with Crippen LogP contribution in [0.1, 0.15) is 37.4 Å². The number of rotatable bonds is 9. The first kappa shape index (κ1) is 23.1. The summed E-state index contributed by atoms with van der Waals surface area (Å²) in [6, 6.07) is 0. The van der Waals surface area contributed by atoms with Crippen LogP contribution in [0.5, 0.6) is 0 Å². The van der Waals surface area contributed by atoms with Crippen molar-refractivity contribution in [3.63, 3.8) is 0 Å². The van der Waals surface area contributed by atoms with Crippen LogP contribution >= 0.6 is 24.0 Å². The molecule has 0 unspecified atom stereocenters. The number of hydrogen-bond donors (Lipinski definition) is 1. The molecule has 8 nitrogen and oxygen atoms in total. The average Bonchev–Trinajstić information content (AvgIpc) is 3.05. The van der Waals surface area contributed by atoms with Crippen LogP contribution < -0.4 is 5.32 Å². The van der Waals surface area contributed by atoms with E-state index in [4.69, 9.17) is 14.0 Å². The summed E-state index contributed by atoms with van der Waals surface area (Å²) < 4.78 is 16.1. The predicted molar refractivity (Wildman–Crippen MR) is 111 cm³/mol. The van der Waals surface area contributed by atoms with E-state index in [0.717, 1.165) is 70.9 Å². The van der Waals surface area contributed by atoms with Gasteiger partial charge in [0.2, 0.25) is 5.89 Å². The van der Waals surface area contributed by atoms with Crippen molar-refractivity contribution < 1.29 is 14.0 Å². The number of piperidine rings is 1. The largest absolute Gasteiger partial charge is 0.385 e. The predicted octanol–water partition coefficient (Wildman–Crippen LogP) is 2.02. The number of guanidine groups is 1. The maximum atomic E-state index is 5.91. The Morgan fingerprint density at radius 3 is 2.69 bits per heavy atom. The lowest BCUT2D eigenvalue weighted by Gasteiger charge is -2.34. The van der Waals surface area contributed by atoms with Gasteiger partial charge in [-0.1, -0.05) is 5.16 Å². The smallest absolute Gasteiger partial charge is 0.226 e. The third-order valence-corrected chi connectivity index (χ3v) is 4.22. The van der Waals surface area contributed by atoms with E-state index < -0.39 is 0 Å². The van der Waals surface area contributed by atoms with Gasteiger partial charge in [-0.2, -0.15) is 4.98 Å². The molecular weight excluding hydrogens is 449 g/mol. The van der Waals surface area contributed by atoms with Gasteiger partial charge in [-0.15, -0.1) is 24.0 Å². The highest BCUT2D eigenvalue weighted by atomic mass is 127. The van der Waals surface area contributed by atoms with E-state index in [1.54, 1.807) is 7.11 Å². The zero-order valence-corrected chi connectivity index (χ0v) is 18.4. The second kappa shape index (κ2) is 13.3. The zero-order valence-electron chi connectivity index (χ0n) is 16.1. The molecule has 0 aromatic carbocycles. The Morgan fingerprint density at radius 1 is 1.31 bits per heavy atom. The van der Waals surface area contributed by atoms with E-state index in [-0.39, 0.29) is 24.0 Å². The summed E-state index contributed by atoms with van der Waals surface area (Å²) in [5, 5.41) is 7.22. The molecule has 1 aromatic rings. The standard InChI is InChI=1S/C17H31N5O3.HI/c1-14-20-16(25-21-14)6-4-9-19-17(18-2)22-10-7-15(8-11-22)24-13-5-12-23-3;/h15H,4-13H2,1-3H3,(H,18,19);1H. The number of halogens is 1. The van der Waals surface area contributed by atoms with Gasteiger partial charge in [0, 0.05) is 53.4 Å². The number of nitrogens with zero attached hydrogens (tertiary/aromatic N) is 4. The van der Waals surface area contributed by atoms with Gasteiger partial charge in [-0.25, -0.2) is 0 Å². The van der Waals surface area contributed by atoms with Crippen molar-refractivity contribution in [2.24, 2.45) is 4.99 Å². The molecule has 0 radical (unpaired) electrons. The molecule has 150 valence electrons. The number of methoxy groups -OCH3 is 1. The van der Waals surface area contributed by atoms with Gasteiger partial charge in [-0.05, 0) is 32.6 Å². The first-order valence-electron chi connectivity index (χ1n) is 9.08. The molecule has 0 amide bonds. The van der Waals surface area contributed by atoms with Crippen molar-refractivity contribution in [2.45, 2.75) is 45.1 Å². The minimum atomic E-state index is 0. The van der Waals surface area contributed by atoms with Crippen LogP contribution in [-0.2, 0) is 15.9 Å². The SMILES string of the molecule is CN=C(NCCCc1nc(C)no1)N1CCC(OCCCOC)CC1.I. The van der Waals surface area contributed by atoms with Crippen molar-refractivity contribution in [1.29, 1.82) is 0 Å². The number of aliphatic imine (C=N–C) groups is 1. The summed E-state index contributed by atoms with van der Waals surface area (Å²) in [7, 11) is 3.55. The van der Waals surface area contributed by atoms with E-state index in [2.05, 4.69) is 25.3 Å². The van der Waals surface area contributed by atoms with Gasteiger partial charge in [0.25, 0.3) is 0 Å². The lowest BCUT2D eigenvalue weighted by molar-refractivity contribution is 0.00991. The van der Waals surface area contributed by atoms with Crippen LogP contribution in [0.3, 0.4) is 0 Å². The Hall–Kier alpha value is -0.940. The molecule has 1 aliphatic rings. The molecular formula is C17H32IN5O3. The lowest BCUT2D eigenvalue weighted by Crippen LogP contribution is -2.47. The monoisotopic (exact) mass is 481 g/mol. The summed E-state index contributed by atoms with van der Waals surface area (Å²) in [5.74, 6) is 2.34. The quantitative estimate of drug-likeness (QED) is 0.250. The highest BCUT2D eigenvalue weighted by Gasteiger charge is 2.21. The lowest BCUT2D eigenvalue weighted by atomic mass is 10.1. The molecule has 1 fully saturated rings. The highest BCUT2D eigenvalue weighted by Crippen LogP contribution is 2.14. The Morgan fingerprint density at radius 2 is 2.08 bits per heavy atom. The Kier molecular flexibility index (Phi) is 11.8. The number of ether oxygens (including phenoxy) is 2. The molecule has 2 heterocycles. The first-order chi connectivity index (χ1) is 12.2. The third kappa shape index (κ3) is 8.17. The van der Waals surface area contributed by atoms with Crippen LogP contribution in [0.4, 0.5) is 0 Å². The molecule has 9 heteroatoms. The Labute approximate surface area is 173 Å². The highest BCUT2D eigenvalue weighted by molar-refractivity contribution is 14.0. The van der Waals surface area contributed by atoms with E-state index in [9.17, 15) is 0 Å². The van der Waals surface area contributed by atoms with Gasteiger partial charge >= 0.3 is 0 Å². The first-order valence-corrected chi connectivity index (χ1v) is 9.08. The molecule has 0 saturated carbocycles. The number of nitrogens with one attached hydrogen (secondary N) is 1. The fourth-order valence-corrected chi connectivity index (χ4v) is 2.90. The van der Waals surface area contributed by atoms with E-state index in [1.807, 2.05) is 14.0 Å². The molecule has 0 atom stereocenters. The maximum Gasteiger partial charge on any atom is 0.226 e. The van der Waals surface area contributed by atoms with Crippen molar-refractivity contribution in [3.8, 4) is 0 Å². The third-order valence-electron chi connectivity index (χ3n) is 4.22. The Balaban J connectivity index is 0.00000338. The van der Waals surface area contributed by atoms with Crippen LogP contribution in [0.2, 0.25) is 0 Å². The topological polar surface area (TPSA) is 85.0 Å². The molecule has 0 spiro atoms. The number of hydrogen-bond acceptors (Lipinski definition) is 6. The van der Waals surface area contributed by atoms with Crippen LogP contribution in [0.25, 0.3) is 0 Å². The summed E-state index contributed by atoms with van der Waals surface area (Å²) >= 11 is 0. The second-order valence-corrected chi connectivity index (χ2v) is 6.22. The molecule has 26 heavy (non-hydrogen) atoms. The van der Waals surface area contributed by atoms with E-state index in [0.29, 0.717) is 17.8 Å². The van der Waals surface area contributed by atoms with Gasteiger partial charge < -0.3 is 24.2 Å². The van der Waals surface area contributed by atoms with Gasteiger partial charge in [0.05, 0.1) is 6.10 Å². The average molecular weight is 481 g/mol. The summed E-state index contributed by atoms with van der Waals surface area (Å²) in [6.07, 6.45) is 5.10. The van der Waals surface area contributed by atoms with E-state index in [1.165, 1.54) is 0 Å². The normalized spacial score (nSPS) is 15.8. The maximum absolute atomic E-state index is 5.91. The fourth-order valence-electron chi connectivity index (χ4n) is 2.90. The van der Waals surface area contributed by atoms with Crippen molar-refractivity contribution in [1.82, 2.24) is 20.4 Å². The minimum Gasteiger partial charge on any atom is -0.385 e. The number of likely N-dealkylation sites (tertiary alicyclic amines) is 1. The second-order valence-electron chi connectivity index (χ2n) is 6.22. The molecule has 1 saturated heterocycles. The van der Waals surface area contributed by atoms with Crippen LogP contribution in [0, 0.1) is 6.92 Å². The van der Waals surface area contributed by atoms with Crippen LogP contribution in [-0.4, -0.2) is 74.1 Å². The van der Waals surface area contributed by atoms with Gasteiger partial charge in [0.15, 0.2) is 11.8 Å².